The molecule has 110 valence electrons. The Kier molecular flexibility index (Phi) is 5.21. The molecule has 1 aliphatic heterocycles. The molecule has 0 spiro atoms. The van der Waals surface area contributed by atoms with Crippen molar-refractivity contribution in [2.45, 2.75) is 19.5 Å². The Bertz CT molecular complexity index is 575. The van der Waals surface area contributed by atoms with Crippen LogP contribution in [0.4, 0.5) is 0 Å². The van der Waals surface area contributed by atoms with Gasteiger partial charge in [-0.15, -0.1) is 23.7 Å². The second-order valence-electron chi connectivity index (χ2n) is 5.03. The first-order valence-electron chi connectivity index (χ1n) is 6.64. The minimum atomic E-state index is 0. The largest absolute Gasteiger partial charge is 0.497 e. The Morgan fingerprint density at radius 3 is 3.10 bits per heavy atom. The van der Waals surface area contributed by atoms with Gasteiger partial charge in [-0.3, -0.25) is 4.90 Å². The zero-order chi connectivity index (χ0) is 13.2. The van der Waals surface area contributed by atoms with Gasteiger partial charge in [0.15, 0.2) is 0 Å². The minimum Gasteiger partial charge on any atom is -0.497 e. The quantitative estimate of drug-likeness (QED) is 0.945. The Morgan fingerprint density at radius 1 is 1.50 bits per heavy atom. The van der Waals surface area contributed by atoms with Crippen LogP contribution in [0.1, 0.15) is 11.9 Å². The van der Waals surface area contributed by atoms with Crippen LogP contribution in [0.15, 0.2) is 18.2 Å². The zero-order valence-electron chi connectivity index (χ0n) is 11.8. The Hall–Kier alpha value is -0.880. The van der Waals surface area contributed by atoms with Gasteiger partial charge >= 0.3 is 0 Å². The van der Waals surface area contributed by atoms with E-state index in [9.17, 15) is 0 Å². The molecule has 0 bridgehead atoms. The van der Waals surface area contributed by atoms with Crippen molar-refractivity contribution in [3.63, 3.8) is 0 Å². The van der Waals surface area contributed by atoms with E-state index in [0.717, 1.165) is 37.4 Å². The monoisotopic (exact) mass is 313 g/mol. The molecule has 0 aliphatic carbocycles. The molecule has 1 saturated heterocycles. The third kappa shape index (κ3) is 3.41. The van der Waals surface area contributed by atoms with E-state index in [1.54, 1.807) is 18.4 Å². The number of methoxy groups -OCH3 is 1. The molecule has 0 unspecified atom stereocenters. The van der Waals surface area contributed by atoms with E-state index in [0.29, 0.717) is 6.04 Å². The van der Waals surface area contributed by atoms with Gasteiger partial charge in [-0.05, 0) is 25.1 Å². The van der Waals surface area contributed by atoms with Crippen LogP contribution in [-0.4, -0.2) is 42.7 Å². The van der Waals surface area contributed by atoms with E-state index >= 15 is 0 Å². The predicted molar refractivity (Wildman–Crippen MR) is 86.2 cm³/mol. The summed E-state index contributed by atoms with van der Waals surface area (Å²) in [7, 11) is 1.70. The summed E-state index contributed by atoms with van der Waals surface area (Å²) in [6.45, 7) is 6.45. The molecule has 0 saturated carbocycles. The molecule has 20 heavy (non-hydrogen) atoms. The van der Waals surface area contributed by atoms with Gasteiger partial charge in [0.2, 0.25) is 0 Å². The molecule has 4 nitrogen and oxygen atoms in total. The van der Waals surface area contributed by atoms with Crippen LogP contribution in [0, 0.1) is 0 Å². The lowest BCUT2D eigenvalue weighted by molar-refractivity contribution is 0.199. The van der Waals surface area contributed by atoms with Crippen LogP contribution in [0.25, 0.3) is 10.2 Å². The van der Waals surface area contributed by atoms with Gasteiger partial charge < -0.3 is 10.1 Å². The van der Waals surface area contributed by atoms with E-state index in [1.807, 2.05) is 12.1 Å². The SMILES string of the molecule is COc1ccc2nc(CN3CCN[C@H](C)C3)sc2c1.Cl. The van der Waals surface area contributed by atoms with Crippen molar-refractivity contribution >= 4 is 34.0 Å². The first-order valence-corrected chi connectivity index (χ1v) is 7.45. The number of hydrogen-bond acceptors (Lipinski definition) is 5. The van der Waals surface area contributed by atoms with Crippen LogP contribution in [0.5, 0.6) is 5.75 Å². The molecular formula is C14H20ClN3OS. The number of rotatable bonds is 3. The summed E-state index contributed by atoms with van der Waals surface area (Å²) >= 11 is 1.77. The zero-order valence-corrected chi connectivity index (χ0v) is 13.4. The third-order valence-electron chi connectivity index (χ3n) is 3.45. The topological polar surface area (TPSA) is 37.4 Å². The maximum absolute atomic E-state index is 5.26. The highest BCUT2D eigenvalue weighted by atomic mass is 35.5. The summed E-state index contributed by atoms with van der Waals surface area (Å²) < 4.78 is 6.46. The van der Waals surface area contributed by atoms with E-state index in [4.69, 9.17) is 9.72 Å². The van der Waals surface area contributed by atoms with Crippen LogP contribution < -0.4 is 10.1 Å². The Labute approximate surface area is 129 Å². The van der Waals surface area contributed by atoms with Crippen molar-refractivity contribution in [2.75, 3.05) is 26.7 Å². The fourth-order valence-corrected chi connectivity index (χ4v) is 3.53. The minimum absolute atomic E-state index is 0. The van der Waals surface area contributed by atoms with E-state index in [2.05, 4.69) is 23.2 Å². The summed E-state index contributed by atoms with van der Waals surface area (Å²) in [6, 6.07) is 6.65. The van der Waals surface area contributed by atoms with Crippen LogP contribution in [-0.2, 0) is 6.54 Å². The van der Waals surface area contributed by atoms with Crippen LogP contribution >= 0.6 is 23.7 Å². The lowest BCUT2D eigenvalue weighted by Gasteiger charge is -2.31. The molecule has 0 radical (unpaired) electrons. The van der Waals surface area contributed by atoms with Crippen molar-refractivity contribution in [1.29, 1.82) is 0 Å². The first-order chi connectivity index (χ1) is 9.24. The number of hydrogen-bond donors (Lipinski definition) is 1. The Morgan fingerprint density at radius 2 is 2.35 bits per heavy atom. The second-order valence-corrected chi connectivity index (χ2v) is 6.15. The number of piperazine rings is 1. The molecule has 1 N–H and O–H groups in total. The molecule has 1 aromatic carbocycles. The molecule has 1 atom stereocenters. The van der Waals surface area contributed by atoms with Gasteiger partial charge in [0.05, 0.1) is 23.9 Å². The number of thiazole rings is 1. The van der Waals surface area contributed by atoms with E-state index < -0.39 is 0 Å². The van der Waals surface area contributed by atoms with E-state index in [1.165, 1.54) is 9.71 Å². The summed E-state index contributed by atoms with van der Waals surface area (Å²) in [5.74, 6) is 0.901. The van der Waals surface area contributed by atoms with Crippen LogP contribution in [0.2, 0.25) is 0 Å². The van der Waals surface area contributed by atoms with Gasteiger partial charge in [0, 0.05) is 25.7 Å². The number of halogens is 1. The highest BCUT2D eigenvalue weighted by Gasteiger charge is 2.17. The van der Waals surface area contributed by atoms with Gasteiger partial charge in [-0.2, -0.15) is 0 Å². The molecule has 1 fully saturated rings. The lowest BCUT2D eigenvalue weighted by atomic mass is 10.2. The standard InChI is InChI=1S/C14H19N3OS.ClH/c1-10-8-17(6-5-15-10)9-14-16-12-4-3-11(18-2)7-13(12)19-14;/h3-4,7,10,15H,5-6,8-9H2,1-2H3;1H/t10-;/m1./s1. The second kappa shape index (κ2) is 6.72. The number of aromatic nitrogens is 1. The summed E-state index contributed by atoms with van der Waals surface area (Å²) in [5, 5.41) is 4.66. The van der Waals surface area contributed by atoms with Crippen molar-refractivity contribution in [1.82, 2.24) is 15.2 Å². The third-order valence-corrected chi connectivity index (χ3v) is 4.45. The molecule has 3 rings (SSSR count). The highest BCUT2D eigenvalue weighted by Crippen LogP contribution is 2.27. The average molecular weight is 314 g/mol. The number of nitrogens with zero attached hydrogens (tertiary/aromatic N) is 2. The summed E-state index contributed by atoms with van der Waals surface area (Å²) in [6.07, 6.45) is 0. The normalized spacial score (nSPS) is 19.8. The van der Waals surface area contributed by atoms with Crippen molar-refractivity contribution < 1.29 is 4.74 Å². The highest BCUT2D eigenvalue weighted by molar-refractivity contribution is 7.18. The fourth-order valence-electron chi connectivity index (χ4n) is 2.49. The average Bonchev–Trinajstić information content (AvgIpc) is 2.79. The van der Waals surface area contributed by atoms with Gasteiger partial charge in [-0.1, -0.05) is 0 Å². The molecule has 6 heteroatoms. The van der Waals surface area contributed by atoms with Crippen molar-refractivity contribution in [3.05, 3.63) is 23.2 Å². The summed E-state index contributed by atoms with van der Waals surface area (Å²) in [4.78, 5) is 7.18. The van der Waals surface area contributed by atoms with Crippen molar-refractivity contribution in [2.24, 2.45) is 0 Å². The lowest BCUT2D eigenvalue weighted by Crippen LogP contribution is -2.48. The van der Waals surface area contributed by atoms with Crippen molar-refractivity contribution in [3.8, 4) is 5.75 Å². The number of nitrogens with one attached hydrogen (secondary N) is 1. The number of ether oxygens (including phenoxy) is 1. The maximum Gasteiger partial charge on any atom is 0.120 e. The molecule has 1 aromatic heterocycles. The molecule has 2 aromatic rings. The molecule has 2 heterocycles. The summed E-state index contributed by atoms with van der Waals surface area (Å²) in [5.41, 5.74) is 1.07. The smallest absolute Gasteiger partial charge is 0.120 e. The number of fused-ring (bicyclic) bond motifs is 1. The molecule has 1 aliphatic rings. The van der Waals surface area contributed by atoms with Gasteiger partial charge in [-0.25, -0.2) is 4.98 Å². The van der Waals surface area contributed by atoms with E-state index in [-0.39, 0.29) is 12.4 Å². The fraction of sp³-hybridized carbons (Fsp3) is 0.500. The number of benzene rings is 1. The predicted octanol–water partition coefficient (Wildman–Crippen LogP) is 2.52. The van der Waals surface area contributed by atoms with Gasteiger partial charge in [0.25, 0.3) is 0 Å². The van der Waals surface area contributed by atoms with Gasteiger partial charge in [0.1, 0.15) is 10.8 Å². The first kappa shape index (κ1) is 15.5. The molecule has 0 amide bonds. The maximum atomic E-state index is 5.26. The molecular weight excluding hydrogens is 294 g/mol. The Balaban J connectivity index is 0.00000147. The van der Waals surface area contributed by atoms with Crippen LogP contribution in [0.3, 0.4) is 0 Å².